The molecule has 7 heteroatoms. The third kappa shape index (κ3) is 4.97. The molecular formula is C22H25ClNO5+. The van der Waals surface area contributed by atoms with Crippen LogP contribution in [-0.2, 0) is 16.0 Å². The van der Waals surface area contributed by atoms with Crippen molar-refractivity contribution in [1.29, 1.82) is 0 Å². The Balaban J connectivity index is 1.90. The van der Waals surface area contributed by atoms with Crippen molar-refractivity contribution in [3.05, 3.63) is 63.9 Å². The predicted molar refractivity (Wildman–Crippen MR) is 111 cm³/mol. The maximum Gasteiger partial charge on any atom is 0.231 e. The number of phenols is 1. The van der Waals surface area contributed by atoms with E-state index in [0.717, 1.165) is 18.0 Å². The van der Waals surface area contributed by atoms with Gasteiger partial charge in [0.25, 0.3) is 0 Å². The topological polar surface area (TPSA) is 69.4 Å². The van der Waals surface area contributed by atoms with E-state index in [9.17, 15) is 9.90 Å². The summed E-state index contributed by atoms with van der Waals surface area (Å²) in [6.07, 6.45) is 1.63. The predicted octanol–water partition coefficient (Wildman–Crippen LogP) is 2.34. The molecule has 0 saturated carbocycles. The SMILES string of the molecule is COCC[NH+](CCOC)Cc1c(O)ccc2c1O/C(=C\c1ccccc1Cl)C2=O. The Kier molecular flexibility index (Phi) is 7.28. The second kappa shape index (κ2) is 9.89. The van der Waals surface area contributed by atoms with Crippen molar-refractivity contribution in [2.45, 2.75) is 6.54 Å². The van der Waals surface area contributed by atoms with E-state index in [0.29, 0.717) is 47.2 Å². The van der Waals surface area contributed by atoms with Crippen molar-refractivity contribution in [2.75, 3.05) is 40.5 Å². The van der Waals surface area contributed by atoms with Crippen LogP contribution in [0.1, 0.15) is 21.5 Å². The number of ketones is 1. The number of fused-ring (bicyclic) bond motifs is 1. The standard InChI is InChI=1S/C22H24ClNO5/c1-27-11-9-24(10-12-28-2)14-17-19(25)8-7-16-21(26)20(29-22(16)17)13-15-5-3-4-6-18(15)23/h3-8,13,25H,9-12,14H2,1-2H3/p+1/b20-13-. The first-order chi connectivity index (χ1) is 14.0. The van der Waals surface area contributed by atoms with E-state index in [-0.39, 0.29) is 17.3 Å². The Bertz CT molecular complexity index is 904. The number of phenolic OH excluding ortho intramolecular Hbond substituents is 1. The van der Waals surface area contributed by atoms with E-state index < -0.39 is 0 Å². The molecule has 2 aromatic carbocycles. The third-order valence-electron chi connectivity index (χ3n) is 4.85. The van der Waals surface area contributed by atoms with Crippen molar-refractivity contribution in [1.82, 2.24) is 0 Å². The molecule has 1 aliphatic rings. The van der Waals surface area contributed by atoms with E-state index in [2.05, 4.69) is 0 Å². The second-order valence-electron chi connectivity index (χ2n) is 6.81. The van der Waals surface area contributed by atoms with Crippen LogP contribution in [0.15, 0.2) is 42.2 Å². The Morgan fingerprint density at radius 2 is 1.79 bits per heavy atom. The van der Waals surface area contributed by atoms with Gasteiger partial charge in [0.1, 0.15) is 25.4 Å². The number of rotatable bonds is 9. The number of halogens is 1. The lowest BCUT2D eigenvalue weighted by Crippen LogP contribution is -3.11. The summed E-state index contributed by atoms with van der Waals surface area (Å²) in [7, 11) is 3.30. The number of carbonyl (C=O) groups is 1. The average Bonchev–Trinajstić information content (AvgIpc) is 3.03. The highest BCUT2D eigenvalue weighted by atomic mass is 35.5. The fourth-order valence-electron chi connectivity index (χ4n) is 3.25. The zero-order valence-electron chi connectivity index (χ0n) is 16.5. The van der Waals surface area contributed by atoms with Gasteiger partial charge in [-0.3, -0.25) is 4.79 Å². The van der Waals surface area contributed by atoms with Crippen LogP contribution >= 0.6 is 11.6 Å². The lowest BCUT2D eigenvalue weighted by Gasteiger charge is -2.20. The highest BCUT2D eigenvalue weighted by Crippen LogP contribution is 2.39. The first kappa shape index (κ1) is 21.3. The molecule has 0 fully saturated rings. The van der Waals surface area contributed by atoms with Gasteiger partial charge in [-0.2, -0.15) is 0 Å². The zero-order chi connectivity index (χ0) is 20.8. The number of Topliss-reactive ketones (excluding diaryl/α,β-unsaturated/α-hetero) is 1. The number of carbonyl (C=O) groups excluding carboxylic acids is 1. The molecule has 0 aliphatic carbocycles. The van der Waals surface area contributed by atoms with Gasteiger partial charge in [-0.15, -0.1) is 0 Å². The molecule has 29 heavy (non-hydrogen) atoms. The van der Waals surface area contributed by atoms with Gasteiger partial charge in [0, 0.05) is 19.2 Å². The summed E-state index contributed by atoms with van der Waals surface area (Å²) < 4.78 is 16.3. The lowest BCUT2D eigenvalue weighted by molar-refractivity contribution is -0.914. The van der Waals surface area contributed by atoms with E-state index in [4.69, 9.17) is 25.8 Å². The van der Waals surface area contributed by atoms with Gasteiger partial charge < -0.3 is 24.2 Å². The smallest absolute Gasteiger partial charge is 0.231 e. The van der Waals surface area contributed by atoms with Crippen molar-refractivity contribution in [3.63, 3.8) is 0 Å². The van der Waals surface area contributed by atoms with Gasteiger partial charge in [0.05, 0.1) is 24.3 Å². The van der Waals surface area contributed by atoms with Crippen molar-refractivity contribution < 1.29 is 29.0 Å². The van der Waals surface area contributed by atoms with E-state index in [1.54, 1.807) is 32.4 Å². The summed E-state index contributed by atoms with van der Waals surface area (Å²) in [6, 6.07) is 10.4. The molecule has 2 N–H and O–H groups in total. The number of methoxy groups -OCH3 is 2. The molecule has 1 heterocycles. The van der Waals surface area contributed by atoms with E-state index in [1.165, 1.54) is 6.07 Å². The maximum absolute atomic E-state index is 12.8. The van der Waals surface area contributed by atoms with Crippen molar-refractivity contribution in [3.8, 4) is 11.5 Å². The number of ether oxygens (including phenoxy) is 3. The Morgan fingerprint density at radius 3 is 2.45 bits per heavy atom. The van der Waals surface area contributed by atoms with Crippen LogP contribution in [0.4, 0.5) is 0 Å². The molecule has 0 saturated heterocycles. The Hall–Kier alpha value is -2.38. The van der Waals surface area contributed by atoms with Crippen LogP contribution in [0.3, 0.4) is 0 Å². The number of allylic oxidation sites excluding steroid dienone is 1. The second-order valence-corrected chi connectivity index (χ2v) is 7.22. The number of nitrogens with one attached hydrogen (secondary N) is 1. The summed E-state index contributed by atoms with van der Waals surface area (Å²) in [4.78, 5) is 14.0. The first-order valence-electron chi connectivity index (χ1n) is 9.40. The van der Waals surface area contributed by atoms with Crippen molar-refractivity contribution >= 4 is 23.5 Å². The number of hydrogen-bond acceptors (Lipinski definition) is 5. The molecule has 0 unspecified atom stereocenters. The van der Waals surface area contributed by atoms with Gasteiger partial charge >= 0.3 is 0 Å². The van der Waals surface area contributed by atoms with Crippen LogP contribution in [0.2, 0.25) is 5.02 Å². The summed E-state index contributed by atoms with van der Waals surface area (Å²) in [5, 5.41) is 11.0. The van der Waals surface area contributed by atoms with Gasteiger partial charge in [-0.1, -0.05) is 29.8 Å². The minimum absolute atomic E-state index is 0.0999. The molecule has 0 amide bonds. The molecule has 6 nitrogen and oxygen atoms in total. The van der Waals surface area contributed by atoms with Crippen LogP contribution in [-0.4, -0.2) is 51.4 Å². The quantitative estimate of drug-likeness (QED) is 0.612. The summed E-state index contributed by atoms with van der Waals surface area (Å²) in [5.41, 5.74) is 1.73. The van der Waals surface area contributed by atoms with Crippen LogP contribution in [0.25, 0.3) is 6.08 Å². The zero-order valence-corrected chi connectivity index (χ0v) is 17.3. The number of benzene rings is 2. The largest absolute Gasteiger partial charge is 0.507 e. The molecule has 3 rings (SSSR count). The maximum atomic E-state index is 12.8. The van der Waals surface area contributed by atoms with E-state index >= 15 is 0 Å². The molecule has 0 aromatic heterocycles. The highest BCUT2D eigenvalue weighted by molar-refractivity contribution is 6.32. The van der Waals surface area contributed by atoms with E-state index in [1.807, 2.05) is 18.2 Å². The van der Waals surface area contributed by atoms with Crippen LogP contribution in [0.5, 0.6) is 11.5 Å². The summed E-state index contributed by atoms with van der Waals surface area (Å²) in [5.74, 6) is 0.468. The average molecular weight is 419 g/mol. The minimum Gasteiger partial charge on any atom is -0.507 e. The molecule has 0 radical (unpaired) electrons. The molecular weight excluding hydrogens is 394 g/mol. The van der Waals surface area contributed by atoms with Gasteiger partial charge in [0.15, 0.2) is 11.5 Å². The fourth-order valence-corrected chi connectivity index (χ4v) is 3.44. The monoisotopic (exact) mass is 418 g/mol. The first-order valence-corrected chi connectivity index (χ1v) is 9.78. The van der Waals surface area contributed by atoms with Crippen LogP contribution in [0, 0.1) is 0 Å². The summed E-state index contributed by atoms with van der Waals surface area (Å²) >= 11 is 6.21. The third-order valence-corrected chi connectivity index (χ3v) is 5.20. The number of quaternary nitrogens is 1. The lowest BCUT2D eigenvalue weighted by atomic mass is 10.0. The highest BCUT2D eigenvalue weighted by Gasteiger charge is 2.32. The Morgan fingerprint density at radius 1 is 1.10 bits per heavy atom. The van der Waals surface area contributed by atoms with Gasteiger partial charge in [-0.05, 0) is 29.8 Å². The number of hydrogen-bond donors (Lipinski definition) is 2. The van der Waals surface area contributed by atoms with Gasteiger partial charge in [-0.25, -0.2) is 0 Å². The molecule has 0 bridgehead atoms. The van der Waals surface area contributed by atoms with Gasteiger partial charge in [0.2, 0.25) is 5.78 Å². The molecule has 2 aromatic rings. The molecule has 0 spiro atoms. The molecule has 0 atom stereocenters. The summed E-state index contributed by atoms with van der Waals surface area (Å²) in [6.45, 7) is 3.10. The Labute approximate surface area is 175 Å². The normalized spacial score (nSPS) is 14.5. The minimum atomic E-state index is -0.225. The van der Waals surface area contributed by atoms with Crippen molar-refractivity contribution in [2.24, 2.45) is 0 Å². The molecule has 154 valence electrons. The number of aromatic hydroxyl groups is 1. The van der Waals surface area contributed by atoms with Crippen LogP contribution < -0.4 is 9.64 Å². The molecule has 1 aliphatic heterocycles. The fraction of sp³-hybridized carbons (Fsp3) is 0.318.